The Labute approximate surface area is 165 Å². The number of benzene rings is 2. The van der Waals surface area contributed by atoms with Gasteiger partial charge in [0.25, 0.3) is 5.91 Å². The maximum absolute atomic E-state index is 13.0. The first-order chi connectivity index (χ1) is 13.3. The second-order valence-corrected chi connectivity index (χ2v) is 7.23. The Morgan fingerprint density at radius 2 is 1.68 bits per heavy atom. The quantitative estimate of drug-likeness (QED) is 0.694. The van der Waals surface area contributed by atoms with Gasteiger partial charge in [0.05, 0.1) is 0 Å². The number of aromatic nitrogens is 1. The molecule has 6 nitrogen and oxygen atoms in total. The maximum atomic E-state index is 13.0. The molecule has 2 amide bonds. The van der Waals surface area contributed by atoms with Gasteiger partial charge in [-0.2, -0.15) is 0 Å². The van der Waals surface area contributed by atoms with E-state index in [0.29, 0.717) is 24.3 Å². The van der Waals surface area contributed by atoms with Crippen LogP contribution in [-0.2, 0) is 24.9 Å². The minimum absolute atomic E-state index is 0.0517. The van der Waals surface area contributed by atoms with Crippen LogP contribution in [0.5, 0.6) is 0 Å². The van der Waals surface area contributed by atoms with Gasteiger partial charge in [-0.25, -0.2) is 0 Å². The van der Waals surface area contributed by atoms with Crippen LogP contribution < -0.4 is 5.73 Å². The average Bonchev–Trinajstić information content (AvgIpc) is 2.98. The number of hydrogen-bond donors (Lipinski definition) is 1. The zero-order chi connectivity index (χ0) is 20.4. The van der Waals surface area contributed by atoms with Crippen molar-refractivity contribution < 1.29 is 9.59 Å². The molecule has 2 aromatic carbocycles. The number of fused-ring (bicyclic) bond motifs is 1. The Morgan fingerprint density at radius 3 is 2.39 bits per heavy atom. The summed E-state index contributed by atoms with van der Waals surface area (Å²) in [6, 6.07) is 13.4. The lowest BCUT2D eigenvalue weighted by Crippen LogP contribution is -2.27. The van der Waals surface area contributed by atoms with Crippen molar-refractivity contribution in [3.8, 4) is 0 Å². The van der Waals surface area contributed by atoms with E-state index < -0.39 is 0 Å². The zero-order valence-corrected chi connectivity index (χ0v) is 16.8. The molecule has 2 N–H and O–H groups in total. The predicted octanol–water partition coefficient (Wildman–Crippen LogP) is 3.01. The van der Waals surface area contributed by atoms with Gasteiger partial charge >= 0.3 is 0 Å². The first kappa shape index (κ1) is 19.5. The van der Waals surface area contributed by atoms with Crippen molar-refractivity contribution in [3.05, 3.63) is 65.4 Å². The van der Waals surface area contributed by atoms with E-state index in [4.69, 9.17) is 5.73 Å². The van der Waals surface area contributed by atoms with E-state index in [2.05, 4.69) is 22.9 Å². The van der Waals surface area contributed by atoms with Crippen LogP contribution >= 0.6 is 0 Å². The van der Waals surface area contributed by atoms with Crippen LogP contribution in [0.4, 0.5) is 5.69 Å². The number of amides is 2. The molecule has 0 saturated carbocycles. The van der Waals surface area contributed by atoms with Crippen molar-refractivity contribution >= 4 is 28.4 Å². The fraction of sp³-hybridized carbons (Fsp3) is 0.273. The minimum Gasteiger partial charge on any atom is -0.398 e. The smallest absolute Gasteiger partial charge is 0.253 e. The normalized spacial score (nSPS) is 10.9. The molecule has 1 aromatic heterocycles. The number of aryl methyl sites for hydroxylation is 1. The number of carbonyl (C=O) groups is 2. The molecular weight excluding hydrogens is 352 g/mol. The topological polar surface area (TPSA) is 71.6 Å². The van der Waals surface area contributed by atoms with Gasteiger partial charge in [-0.3, -0.25) is 9.59 Å². The second kappa shape index (κ2) is 7.76. The number of nitrogen functional groups attached to an aromatic ring is 1. The lowest BCUT2D eigenvalue weighted by atomic mass is 10.1. The van der Waals surface area contributed by atoms with Gasteiger partial charge in [0, 0.05) is 69.5 Å². The summed E-state index contributed by atoms with van der Waals surface area (Å²) >= 11 is 0. The van der Waals surface area contributed by atoms with Gasteiger partial charge < -0.3 is 20.1 Å². The summed E-state index contributed by atoms with van der Waals surface area (Å²) in [5, 5.41) is 1.14. The molecule has 0 atom stereocenters. The first-order valence-electron chi connectivity index (χ1n) is 9.16. The number of para-hydroxylation sites is 1. The standard InChI is InChI=1S/C22H26N4O2/c1-15(27)24(2)12-17-11-16(9-10-20(17)23)22(28)26(4)14-18-13-25(3)21-8-6-5-7-19(18)21/h5-11,13H,12,14,23H2,1-4H3. The number of anilines is 1. The van der Waals surface area contributed by atoms with E-state index in [1.807, 2.05) is 19.2 Å². The van der Waals surface area contributed by atoms with E-state index >= 15 is 0 Å². The molecule has 3 aromatic rings. The lowest BCUT2D eigenvalue weighted by Gasteiger charge is -2.20. The molecule has 0 bridgehead atoms. The third-order valence-corrected chi connectivity index (χ3v) is 5.07. The van der Waals surface area contributed by atoms with E-state index in [0.717, 1.165) is 22.0 Å². The molecule has 6 heteroatoms. The van der Waals surface area contributed by atoms with Crippen LogP contribution in [0, 0.1) is 0 Å². The summed E-state index contributed by atoms with van der Waals surface area (Å²) in [5.41, 5.74) is 10.2. The molecular formula is C22H26N4O2. The van der Waals surface area contributed by atoms with Crippen molar-refractivity contribution in [1.82, 2.24) is 14.4 Å². The third kappa shape index (κ3) is 3.86. The molecule has 3 rings (SSSR count). The van der Waals surface area contributed by atoms with Crippen molar-refractivity contribution in [2.24, 2.45) is 7.05 Å². The van der Waals surface area contributed by atoms with Crippen LogP contribution in [0.1, 0.15) is 28.4 Å². The van der Waals surface area contributed by atoms with Crippen LogP contribution in [0.3, 0.4) is 0 Å². The molecule has 28 heavy (non-hydrogen) atoms. The second-order valence-electron chi connectivity index (χ2n) is 7.23. The van der Waals surface area contributed by atoms with Gasteiger partial charge in [0.2, 0.25) is 5.91 Å². The van der Waals surface area contributed by atoms with E-state index in [-0.39, 0.29) is 11.8 Å². The SMILES string of the molecule is CC(=O)N(C)Cc1cc(C(=O)N(C)Cc2cn(C)c3ccccc23)ccc1N. The predicted molar refractivity (Wildman–Crippen MR) is 112 cm³/mol. The highest BCUT2D eigenvalue weighted by Crippen LogP contribution is 2.23. The number of nitrogens with two attached hydrogens (primary N) is 1. The molecule has 0 radical (unpaired) electrons. The van der Waals surface area contributed by atoms with Gasteiger partial charge in [-0.05, 0) is 35.4 Å². The molecule has 0 aliphatic rings. The Balaban J connectivity index is 1.82. The van der Waals surface area contributed by atoms with Crippen molar-refractivity contribution in [1.29, 1.82) is 0 Å². The Kier molecular flexibility index (Phi) is 5.40. The monoisotopic (exact) mass is 378 g/mol. The first-order valence-corrected chi connectivity index (χ1v) is 9.16. The van der Waals surface area contributed by atoms with Gasteiger partial charge in [-0.1, -0.05) is 18.2 Å². The summed E-state index contributed by atoms with van der Waals surface area (Å²) in [6.07, 6.45) is 2.06. The highest BCUT2D eigenvalue weighted by molar-refractivity contribution is 5.95. The Hall–Kier alpha value is -3.28. The van der Waals surface area contributed by atoms with Crippen LogP contribution in [0.15, 0.2) is 48.7 Å². The van der Waals surface area contributed by atoms with Crippen molar-refractivity contribution in [3.63, 3.8) is 0 Å². The zero-order valence-electron chi connectivity index (χ0n) is 16.8. The molecule has 0 fully saturated rings. The minimum atomic E-state index is -0.0836. The van der Waals surface area contributed by atoms with Crippen molar-refractivity contribution in [2.75, 3.05) is 19.8 Å². The van der Waals surface area contributed by atoms with Crippen LogP contribution in [0.25, 0.3) is 10.9 Å². The molecule has 1 heterocycles. The van der Waals surface area contributed by atoms with Gasteiger partial charge in [-0.15, -0.1) is 0 Å². The maximum Gasteiger partial charge on any atom is 0.253 e. The summed E-state index contributed by atoms with van der Waals surface area (Å²) in [4.78, 5) is 27.7. The molecule has 0 aliphatic carbocycles. The fourth-order valence-electron chi connectivity index (χ4n) is 3.34. The lowest BCUT2D eigenvalue weighted by molar-refractivity contribution is -0.128. The average molecular weight is 378 g/mol. The van der Waals surface area contributed by atoms with Gasteiger partial charge in [0.15, 0.2) is 0 Å². The Morgan fingerprint density at radius 1 is 1.00 bits per heavy atom. The van der Waals surface area contributed by atoms with Crippen LogP contribution in [0.2, 0.25) is 0 Å². The highest BCUT2D eigenvalue weighted by Gasteiger charge is 2.17. The number of carbonyl (C=O) groups excluding carboxylic acids is 2. The number of hydrogen-bond acceptors (Lipinski definition) is 3. The van der Waals surface area contributed by atoms with Crippen LogP contribution in [-0.4, -0.2) is 40.3 Å². The number of rotatable bonds is 5. The molecule has 0 spiro atoms. The van der Waals surface area contributed by atoms with E-state index in [1.54, 1.807) is 42.1 Å². The van der Waals surface area contributed by atoms with Gasteiger partial charge in [0.1, 0.15) is 0 Å². The summed E-state index contributed by atoms with van der Waals surface area (Å²) < 4.78 is 2.07. The molecule has 146 valence electrons. The molecule has 0 unspecified atom stereocenters. The summed E-state index contributed by atoms with van der Waals surface area (Å²) in [7, 11) is 5.51. The van der Waals surface area contributed by atoms with Crippen molar-refractivity contribution in [2.45, 2.75) is 20.0 Å². The van der Waals surface area contributed by atoms with E-state index in [9.17, 15) is 9.59 Å². The molecule has 0 saturated heterocycles. The summed E-state index contributed by atoms with van der Waals surface area (Å²) in [5.74, 6) is -0.135. The largest absolute Gasteiger partial charge is 0.398 e. The Bertz CT molecular complexity index is 1040. The highest BCUT2D eigenvalue weighted by atomic mass is 16.2. The summed E-state index contributed by atoms with van der Waals surface area (Å²) in [6.45, 7) is 2.38. The van der Waals surface area contributed by atoms with E-state index in [1.165, 1.54) is 6.92 Å². The third-order valence-electron chi connectivity index (χ3n) is 5.07. The number of nitrogens with zero attached hydrogens (tertiary/aromatic N) is 3. The fourth-order valence-corrected chi connectivity index (χ4v) is 3.34. The molecule has 0 aliphatic heterocycles.